The molecule has 0 spiro atoms. The van der Waals surface area contributed by atoms with Crippen LogP contribution >= 0.6 is 0 Å². The zero-order chi connectivity index (χ0) is 17.8. The molecule has 0 bridgehead atoms. The minimum Gasteiger partial charge on any atom is -0.481 e. The Morgan fingerprint density at radius 1 is 0.957 bits per heavy atom. The maximum atomic E-state index is 11.0. The van der Waals surface area contributed by atoms with Gasteiger partial charge in [-0.15, -0.1) is 0 Å². The maximum Gasteiger partial charge on any atom is 0.306 e. The van der Waals surface area contributed by atoms with Crippen LogP contribution in [-0.4, -0.2) is 35.1 Å². The summed E-state index contributed by atoms with van der Waals surface area (Å²) in [7, 11) is -4.31. The fraction of sp³-hybridized carbons (Fsp3) is 0.467. The summed E-state index contributed by atoms with van der Waals surface area (Å²) in [6.45, 7) is 3.07. The second kappa shape index (κ2) is 7.56. The van der Waals surface area contributed by atoms with E-state index in [9.17, 15) is 18.0 Å². The predicted molar refractivity (Wildman–Crippen MR) is 81.8 cm³/mol. The molecular weight excluding hydrogens is 324 g/mol. The van der Waals surface area contributed by atoms with Gasteiger partial charge in [0.2, 0.25) is 0 Å². The van der Waals surface area contributed by atoms with Crippen molar-refractivity contribution in [2.24, 2.45) is 11.8 Å². The third kappa shape index (κ3) is 5.65. The number of aliphatic carboxylic acids is 2. The molecule has 0 heterocycles. The van der Waals surface area contributed by atoms with Crippen molar-refractivity contribution in [3.8, 4) is 0 Å². The van der Waals surface area contributed by atoms with Crippen LogP contribution in [0.25, 0.3) is 0 Å². The summed E-state index contributed by atoms with van der Waals surface area (Å²) < 4.78 is 31.1. The zero-order valence-corrected chi connectivity index (χ0v) is 13.7. The van der Waals surface area contributed by atoms with Gasteiger partial charge in [0.25, 0.3) is 10.1 Å². The van der Waals surface area contributed by atoms with Crippen LogP contribution in [-0.2, 0) is 19.7 Å². The highest BCUT2D eigenvalue weighted by molar-refractivity contribution is 7.85. The van der Waals surface area contributed by atoms with Crippen molar-refractivity contribution in [3.05, 3.63) is 29.8 Å². The van der Waals surface area contributed by atoms with Gasteiger partial charge in [-0.05, 0) is 36.5 Å². The molecule has 0 aromatic heterocycles. The Bertz CT molecular complexity index is 642. The number of benzene rings is 1. The van der Waals surface area contributed by atoms with Gasteiger partial charge in [0.05, 0.1) is 16.7 Å². The Morgan fingerprint density at radius 3 is 1.65 bits per heavy atom. The summed E-state index contributed by atoms with van der Waals surface area (Å²) in [4.78, 5) is 21.8. The van der Waals surface area contributed by atoms with E-state index in [1.165, 1.54) is 38.1 Å². The summed E-state index contributed by atoms with van der Waals surface area (Å²) in [6.07, 6.45) is 0.469. The van der Waals surface area contributed by atoms with Crippen LogP contribution in [0.2, 0.25) is 0 Å². The Hall–Kier alpha value is -1.93. The molecule has 0 amide bonds. The zero-order valence-electron chi connectivity index (χ0n) is 12.8. The minimum atomic E-state index is -4.31. The highest BCUT2D eigenvalue weighted by Crippen LogP contribution is 2.31. The summed E-state index contributed by atoms with van der Waals surface area (Å²) in [5, 5.41) is 18.1. The van der Waals surface area contributed by atoms with Gasteiger partial charge in [-0.3, -0.25) is 14.1 Å². The Labute approximate surface area is 134 Å². The molecule has 0 aliphatic carbocycles. The lowest BCUT2D eigenvalue weighted by molar-refractivity contribution is -0.141. The standard InChI is InChI=1S/C15H20O7S/c1-9(14(16)17)7-12(8-10(2)15(18)19)11-3-5-13(6-4-11)23(20,21)22/h3-6,9-10,12H,7-8H2,1-2H3,(H,16,17)(H,18,19)(H,20,21,22). The second-order valence-corrected chi connectivity index (χ2v) is 7.11. The monoisotopic (exact) mass is 344 g/mol. The van der Waals surface area contributed by atoms with E-state index < -0.39 is 33.9 Å². The topological polar surface area (TPSA) is 129 Å². The van der Waals surface area contributed by atoms with Crippen LogP contribution in [0.3, 0.4) is 0 Å². The molecule has 1 aromatic carbocycles. The Kier molecular flexibility index (Phi) is 6.28. The van der Waals surface area contributed by atoms with Crippen LogP contribution in [0.4, 0.5) is 0 Å². The maximum absolute atomic E-state index is 11.0. The Balaban J connectivity index is 3.07. The fourth-order valence-corrected chi connectivity index (χ4v) is 2.82. The van der Waals surface area contributed by atoms with E-state index in [1.54, 1.807) is 0 Å². The molecule has 7 nitrogen and oxygen atoms in total. The van der Waals surface area contributed by atoms with Crippen molar-refractivity contribution < 1.29 is 32.8 Å². The van der Waals surface area contributed by atoms with Crippen molar-refractivity contribution in [2.45, 2.75) is 37.5 Å². The van der Waals surface area contributed by atoms with Crippen LogP contribution in [0.5, 0.6) is 0 Å². The highest BCUT2D eigenvalue weighted by Gasteiger charge is 2.24. The third-order valence-electron chi connectivity index (χ3n) is 3.77. The van der Waals surface area contributed by atoms with Crippen molar-refractivity contribution in [1.82, 2.24) is 0 Å². The number of carboxylic acid groups (broad SMARTS) is 2. The van der Waals surface area contributed by atoms with Gasteiger partial charge in [0.15, 0.2) is 0 Å². The highest BCUT2D eigenvalue weighted by atomic mass is 32.2. The lowest BCUT2D eigenvalue weighted by atomic mass is 9.83. The van der Waals surface area contributed by atoms with E-state index >= 15 is 0 Å². The normalized spacial score (nSPS) is 15.6. The van der Waals surface area contributed by atoms with Crippen LogP contribution in [0.1, 0.15) is 38.2 Å². The van der Waals surface area contributed by atoms with E-state index in [1.807, 2.05) is 0 Å². The average molecular weight is 344 g/mol. The van der Waals surface area contributed by atoms with E-state index in [2.05, 4.69) is 0 Å². The first-order valence-corrected chi connectivity index (χ1v) is 8.49. The van der Waals surface area contributed by atoms with E-state index in [-0.39, 0.29) is 23.7 Å². The summed E-state index contributed by atoms with van der Waals surface area (Å²) in [6, 6.07) is 5.37. The van der Waals surface area contributed by atoms with Crippen LogP contribution in [0.15, 0.2) is 29.2 Å². The fourth-order valence-electron chi connectivity index (χ4n) is 2.34. The van der Waals surface area contributed by atoms with Gasteiger partial charge >= 0.3 is 11.9 Å². The van der Waals surface area contributed by atoms with Gasteiger partial charge in [-0.1, -0.05) is 26.0 Å². The molecule has 0 radical (unpaired) electrons. The molecule has 128 valence electrons. The molecule has 23 heavy (non-hydrogen) atoms. The number of hydrogen-bond donors (Lipinski definition) is 3. The first-order valence-electron chi connectivity index (χ1n) is 7.05. The first kappa shape index (κ1) is 19.1. The van der Waals surface area contributed by atoms with E-state index in [4.69, 9.17) is 14.8 Å². The molecule has 0 saturated heterocycles. The second-order valence-electron chi connectivity index (χ2n) is 5.69. The molecule has 0 aliphatic heterocycles. The lowest BCUT2D eigenvalue weighted by Crippen LogP contribution is -2.18. The number of carbonyl (C=O) groups is 2. The van der Waals surface area contributed by atoms with Gasteiger partial charge in [-0.25, -0.2) is 0 Å². The minimum absolute atomic E-state index is 0.234. The number of carboxylic acids is 2. The molecule has 8 heteroatoms. The van der Waals surface area contributed by atoms with Crippen molar-refractivity contribution in [2.75, 3.05) is 0 Å². The van der Waals surface area contributed by atoms with Crippen molar-refractivity contribution >= 4 is 22.1 Å². The molecule has 2 atom stereocenters. The predicted octanol–water partition coefficient (Wildman–Crippen LogP) is 2.24. The molecule has 3 N–H and O–H groups in total. The smallest absolute Gasteiger partial charge is 0.306 e. The summed E-state index contributed by atoms with van der Waals surface area (Å²) in [5.74, 6) is -3.63. The molecule has 2 unspecified atom stereocenters. The van der Waals surface area contributed by atoms with Crippen molar-refractivity contribution in [1.29, 1.82) is 0 Å². The summed E-state index contributed by atoms with van der Waals surface area (Å²) >= 11 is 0. The van der Waals surface area contributed by atoms with Crippen molar-refractivity contribution in [3.63, 3.8) is 0 Å². The Morgan fingerprint density at radius 2 is 1.35 bits per heavy atom. The van der Waals surface area contributed by atoms with Gasteiger partial charge in [0.1, 0.15) is 0 Å². The van der Waals surface area contributed by atoms with Gasteiger partial charge in [-0.2, -0.15) is 8.42 Å². The SMILES string of the molecule is CC(CC(CC(C)C(=O)O)c1ccc(S(=O)(=O)O)cc1)C(=O)O. The number of hydrogen-bond acceptors (Lipinski definition) is 4. The van der Waals surface area contributed by atoms with Gasteiger partial charge < -0.3 is 10.2 Å². The first-order chi connectivity index (χ1) is 10.5. The van der Waals surface area contributed by atoms with Gasteiger partial charge in [0, 0.05) is 0 Å². The van der Waals surface area contributed by atoms with E-state index in [0.717, 1.165) is 0 Å². The van der Waals surface area contributed by atoms with Crippen LogP contribution in [0, 0.1) is 11.8 Å². The molecule has 0 aliphatic rings. The molecule has 1 aromatic rings. The number of rotatable bonds is 8. The van der Waals surface area contributed by atoms with E-state index in [0.29, 0.717) is 5.56 Å². The third-order valence-corrected chi connectivity index (χ3v) is 4.64. The van der Waals surface area contributed by atoms with Crippen LogP contribution < -0.4 is 0 Å². The average Bonchev–Trinajstić information content (AvgIpc) is 2.45. The molecule has 1 rings (SSSR count). The summed E-state index contributed by atoms with van der Waals surface area (Å²) in [5.41, 5.74) is 0.638. The largest absolute Gasteiger partial charge is 0.481 e. The lowest BCUT2D eigenvalue weighted by Gasteiger charge is -2.21. The quantitative estimate of drug-likeness (QED) is 0.617. The molecule has 0 saturated carbocycles. The molecular formula is C15H20O7S. The molecule has 0 fully saturated rings.